The van der Waals surface area contributed by atoms with Gasteiger partial charge in [-0.05, 0) is 44.5 Å². The highest BCUT2D eigenvalue weighted by molar-refractivity contribution is 6.00. The van der Waals surface area contributed by atoms with Gasteiger partial charge < -0.3 is 29.2 Å². The fourth-order valence-electron chi connectivity index (χ4n) is 5.38. The Morgan fingerprint density at radius 1 is 1.11 bits per heavy atom. The van der Waals surface area contributed by atoms with Gasteiger partial charge in [-0.15, -0.1) is 0 Å². The predicted molar refractivity (Wildman–Crippen MR) is 156 cm³/mol. The van der Waals surface area contributed by atoms with Crippen LogP contribution in [0.5, 0.6) is 5.75 Å². The maximum Gasteiger partial charge on any atom is 0.416 e. The maximum absolute atomic E-state index is 13.8. The number of oxazole rings is 1. The van der Waals surface area contributed by atoms with Gasteiger partial charge in [0, 0.05) is 38.1 Å². The van der Waals surface area contributed by atoms with Crippen LogP contribution in [0.4, 0.5) is 13.2 Å². The summed E-state index contributed by atoms with van der Waals surface area (Å²) in [5.74, 6) is -0.728. The molecule has 3 amide bonds. The minimum Gasteiger partial charge on any atom is -0.483 e. The van der Waals surface area contributed by atoms with E-state index in [0.29, 0.717) is 50.7 Å². The number of hydrogen-bond donors (Lipinski definition) is 1. The molecule has 0 saturated carbocycles. The van der Waals surface area contributed by atoms with E-state index in [1.165, 1.54) is 4.90 Å². The van der Waals surface area contributed by atoms with Crippen molar-refractivity contribution in [3.8, 4) is 5.75 Å². The highest BCUT2D eigenvalue weighted by Gasteiger charge is 2.40. The zero-order valence-electron chi connectivity index (χ0n) is 26.0. The largest absolute Gasteiger partial charge is 0.483 e. The molecule has 242 valence electrons. The molecular formula is C31H42F3N5O5. The number of hydrogen-bond acceptors (Lipinski definition) is 7. The van der Waals surface area contributed by atoms with Crippen molar-refractivity contribution < 1.29 is 36.7 Å². The molecule has 1 N–H and O–H groups in total. The standard InChI is InChI=1S/C31H42F3N5O5/c1-6-8-22(28(41)39-12-7-9-23(39)29(42)38-15-13-37(5)14-16-38)36-27(40)21-17-20(31(32,33)34)10-11-24(21)43-19-26-35-18-25(44-26)30(2,3)4/h10-11,17-18,22-23H,6-9,12-16,19H2,1-5H3,(H,36,40). The Kier molecular flexibility index (Phi) is 10.3. The van der Waals surface area contributed by atoms with Gasteiger partial charge in [0.05, 0.1) is 17.3 Å². The molecule has 3 heterocycles. The van der Waals surface area contributed by atoms with Crippen LogP contribution in [0.3, 0.4) is 0 Å². The van der Waals surface area contributed by atoms with Crippen LogP contribution in [0.2, 0.25) is 0 Å². The minimum absolute atomic E-state index is 0.111. The van der Waals surface area contributed by atoms with Gasteiger partial charge in [0.1, 0.15) is 23.6 Å². The highest BCUT2D eigenvalue weighted by Crippen LogP contribution is 2.33. The van der Waals surface area contributed by atoms with Crippen LogP contribution < -0.4 is 10.1 Å². The Balaban J connectivity index is 1.53. The molecule has 2 aliphatic heterocycles. The molecule has 4 rings (SSSR count). The average molecular weight is 622 g/mol. The quantitative estimate of drug-likeness (QED) is 0.447. The molecular weight excluding hydrogens is 579 g/mol. The lowest BCUT2D eigenvalue weighted by atomic mass is 9.94. The second-order valence-corrected chi connectivity index (χ2v) is 12.5. The number of aromatic nitrogens is 1. The highest BCUT2D eigenvalue weighted by atomic mass is 19.4. The van der Waals surface area contributed by atoms with Crippen LogP contribution in [0.1, 0.15) is 81.0 Å². The SMILES string of the molecule is CCCC(NC(=O)c1cc(C(F)(F)F)ccc1OCc1ncc(C(C)(C)C)o1)C(=O)N1CCCC1C(=O)N1CCN(C)CC1. The Morgan fingerprint density at radius 2 is 1.82 bits per heavy atom. The van der Waals surface area contributed by atoms with Gasteiger partial charge in [-0.1, -0.05) is 34.1 Å². The molecule has 0 radical (unpaired) electrons. The number of piperazine rings is 1. The monoisotopic (exact) mass is 621 g/mol. The molecule has 13 heteroatoms. The van der Waals surface area contributed by atoms with E-state index in [1.807, 2.05) is 34.7 Å². The molecule has 1 aromatic heterocycles. The number of carbonyl (C=O) groups is 3. The summed E-state index contributed by atoms with van der Waals surface area (Å²) in [5.41, 5.74) is -1.71. The number of rotatable bonds is 9. The predicted octanol–water partition coefficient (Wildman–Crippen LogP) is 4.23. The number of ether oxygens (including phenoxy) is 1. The number of amides is 3. The van der Waals surface area contributed by atoms with E-state index >= 15 is 0 Å². The number of nitrogens with zero attached hydrogens (tertiary/aromatic N) is 4. The van der Waals surface area contributed by atoms with Gasteiger partial charge in [0.15, 0.2) is 6.61 Å². The van der Waals surface area contributed by atoms with E-state index in [2.05, 4.69) is 15.2 Å². The molecule has 10 nitrogen and oxygen atoms in total. The zero-order valence-corrected chi connectivity index (χ0v) is 26.0. The number of benzene rings is 1. The molecule has 2 saturated heterocycles. The van der Waals surface area contributed by atoms with Crippen LogP contribution in [0.25, 0.3) is 0 Å². The number of halogens is 3. The van der Waals surface area contributed by atoms with Gasteiger partial charge in [0.25, 0.3) is 5.91 Å². The third-order valence-electron chi connectivity index (χ3n) is 8.01. The molecule has 2 unspecified atom stereocenters. The molecule has 2 atom stereocenters. The first-order valence-electron chi connectivity index (χ1n) is 15.1. The normalized spacial score (nSPS) is 18.8. The summed E-state index contributed by atoms with van der Waals surface area (Å²) in [7, 11) is 1.99. The van der Waals surface area contributed by atoms with Gasteiger partial charge in [0.2, 0.25) is 17.7 Å². The topological polar surface area (TPSA) is 108 Å². The fraction of sp³-hybridized carbons (Fsp3) is 0.613. The average Bonchev–Trinajstić information content (AvgIpc) is 3.65. The smallest absolute Gasteiger partial charge is 0.416 e. The fourth-order valence-corrected chi connectivity index (χ4v) is 5.38. The molecule has 0 aliphatic carbocycles. The Bertz CT molecular complexity index is 1330. The number of carbonyl (C=O) groups excluding carboxylic acids is 3. The van der Waals surface area contributed by atoms with Crippen LogP contribution >= 0.6 is 0 Å². The molecule has 1 aromatic carbocycles. The van der Waals surface area contributed by atoms with Crippen LogP contribution in [0, 0.1) is 0 Å². The first-order chi connectivity index (χ1) is 20.7. The number of likely N-dealkylation sites (tertiary alicyclic amines) is 1. The zero-order chi connectivity index (χ0) is 32.2. The molecule has 2 fully saturated rings. The van der Waals surface area contributed by atoms with Crippen LogP contribution in [0.15, 0.2) is 28.8 Å². The summed E-state index contributed by atoms with van der Waals surface area (Å²) >= 11 is 0. The van der Waals surface area contributed by atoms with Crippen molar-refractivity contribution in [1.29, 1.82) is 0 Å². The second kappa shape index (κ2) is 13.6. The van der Waals surface area contributed by atoms with Crippen molar-refractivity contribution in [2.75, 3.05) is 39.8 Å². The summed E-state index contributed by atoms with van der Waals surface area (Å²) in [4.78, 5) is 50.2. The lowest BCUT2D eigenvalue weighted by molar-refractivity contribution is -0.145. The molecule has 2 aliphatic rings. The van der Waals surface area contributed by atoms with Crippen molar-refractivity contribution >= 4 is 17.7 Å². The maximum atomic E-state index is 13.8. The molecule has 0 bridgehead atoms. The van der Waals surface area contributed by atoms with Crippen LogP contribution in [-0.4, -0.2) is 89.3 Å². The Labute approximate surface area is 255 Å². The van der Waals surface area contributed by atoms with Gasteiger partial charge in [-0.25, -0.2) is 4.98 Å². The van der Waals surface area contributed by atoms with E-state index in [9.17, 15) is 27.6 Å². The Hall–Kier alpha value is -3.61. The van der Waals surface area contributed by atoms with E-state index in [0.717, 1.165) is 25.2 Å². The summed E-state index contributed by atoms with van der Waals surface area (Å²) in [6.07, 6.45) is -1.21. The number of likely N-dealkylation sites (N-methyl/N-ethyl adjacent to an activating group) is 1. The Morgan fingerprint density at radius 3 is 2.43 bits per heavy atom. The first kappa shape index (κ1) is 33.3. The lowest BCUT2D eigenvalue weighted by Gasteiger charge is -2.36. The number of alkyl halides is 3. The minimum atomic E-state index is -4.71. The first-order valence-corrected chi connectivity index (χ1v) is 15.1. The van der Waals surface area contributed by atoms with Crippen molar-refractivity contribution in [3.63, 3.8) is 0 Å². The van der Waals surface area contributed by atoms with Gasteiger partial charge in [-0.2, -0.15) is 13.2 Å². The summed E-state index contributed by atoms with van der Waals surface area (Å²) < 4.78 is 52.4. The molecule has 0 spiro atoms. The van der Waals surface area contributed by atoms with Gasteiger partial charge in [-0.3, -0.25) is 14.4 Å². The van der Waals surface area contributed by atoms with Crippen molar-refractivity contribution in [1.82, 2.24) is 25.0 Å². The van der Waals surface area contributed by atoms with Crippen molar-refractivity contribution in [2.45, 2.75) is 83.7 Å². The molecule has 44 heavy (non-hydrogen) atoms. The van der Waals surface area contributed by atoms with Crippen molar-refractivity contribution in [3.05, 3.63) is 47.2 Å². The van der Waals surface area contributed by atoms with E-state index in [4.69, 9.17) is 9.15 Å². The van der Waals surface area contributed by atoms with Gasteiger partial charge >= 0.3 is 6.18 Å². The summed E-state index contributed by atoms with van der Waals surface area (Å²) in [6, 6.07) is 0.956. The van der Waals surface area contributed by atoms with E-state index < -0.39 is 35.6 Å². The van der Waals surface area contributed by atoms with E-state index in [1.54, 1.807) is 11.1 Å². The van der Waals surface area contributed by atoms with Crippen LogP contribution in [-0.2, 0) is 27.8 Å². The lowest BCUT2D eigenvalue weighted by Crippen LogP contribution is -2.56. The van der Waals surface area contributed by atoms with E-state index in [-0.39, 0.29) is 41.6 Å². The number of nitrogens with one attached hydrogen (secondary N) is 1. The molecule has 2 aromatic rings. The third kappa shape index (κ3) is 7.91. The summed E-state index contributed by atoms with van der Waals surface area (Å²) in [6.45, 7) is 10.5. The van der Waals surface area contributed by atoms with Crippen molar-refractivity contribution in [2.24, 2.45) is 0 Å². The third-order valence-corrected chi connectivity index (χ3v) is 8.01. The second-order valence-electron chi connectivity index (χ2n) is 12.5. The summed E-state index contributed by atoms with van der Waals surface area (Å²) in [5, 5.41) is 2.65.